The largest absolute Gasteiger partial charge is 0.378 e. The first-order valence-electron chi connectivity index (χ1n) is 5.87. The second kappa shape index (κ2) is 4.42. The minimum absolute atomic E-state index is 0.0112. The highest BCUT2D eigenvalue weighted by molar-refractivity contribution is 5.46. The van der Waals surface area contributed by atoms with Gasteiger partial charge in [-0.15, -0.1) is 0 Å². The Morgan fingerprint density at radius 3 is 2.62 bits per heavy atom. The van der Waals surface area contributed by atoms with Gasteiger partial charge in [0.25, 0.3) is 0 Å². The number of halogens is 1. The number of benzene rings is 1. The minimum atomic E-state index is -0.202. The Bertz CT molecular complexity index is 349. The van der Waals surface area contributed by atoms with E-state index >= 15 is 0 Å². The van der Waals surface area contributed by atoms with Gasteiger partial charge >= 0.3 is 0 Å². The molecule has 2 rings (SSSR count). The van der Waals surface area contributed by atoms with E-state index in [1.54, 1.807) is 12.1 Å². The van der Waals surface area contributed by atoms with Crippen LogP contribution in [0.15, 0.2) is 24.3 Å². The minimum Gasteiger partial charge on any atom is -0.378 e. The summed E-state index contributed by atoms with van der Waals surface area (Å²) < 4.78 is 12.8. The van der Waals surface area contributed by atoms with Crippen molar-refractivity contribution >= 4 is 5.69 Å². The highest BCUT2D eigenvalue weighted by Crippen LogP contribution is 2.36. The molecule has 2 nitrogen and oxygen atoms in total. The van der Waals surface area contributed by atoms with E-state index in [0.717, 1.165) is 24.4 Å². The van der Waals surface area contributed by atoms with Gasteiger partial charge in [-0.05, 0) is 49.4 Å². The van der Waals surface area contributed by atoms with Gasteiger partial charge in [-0.2, -0.15) is 0 Å². The zero-order valence-corrected chi connectivity index (χ0v) is 9.67. The maximum atomic E-state index is 12.8. The molecule has 3 heteroatoms. The summed E-state index contributed by atoms with van der Waals surface area (Å²) in [6, 6.07) is 6.50. The highest BCUT2D eigenvalue weighted by atomic mass is 19.1. The van der Waals surface area contributed by atoms with Crippen molar-refractivity contribution in [3.8, 4) is 0 Å². The summed E-state index contributed by atoms with van der Waals surface area (Å²) in [6.45, 7) is 2.89. The molecule has 16 heavy (non-hydrogen) atoms. The van der Waals surface area contributed by atoms with E-state index < -0.39 is 0 Å². The standard InChI is InChI=1S/C13H19FN2/c1-10-6-7-13(8-10,9-15)16-12-4-2-11(14)3-5-12/h2-5,10,16H,6-9,15H2,1H3. The van der Waals surface area contributed by atoms with Crippen molar-refractivity contribution in [1.82, 2.24) is 0 Å². The fraction of sp³-hybridized carbons (Fsp3) is 0.538. The summed E-state index contributed by atoms with van der Waals surface area (Å²) in [7, 11) is 0. The van der Waals surface area contributed by atoms with Gasteiger partial charge in [-0.25, -0.2) is 4.39 Å². The van der Waals surface area contributed by atoms with E-state index in [4.69, 9.17) is 5.73 Å². The van der Waals surface area contributed by atoms with E-state index in [0.29, 0.717) is 6.54 Å². The van der Waals surface area contributed by atoms with Crippen molar-refractivity contribution in [3.63, 3.8) is 0 Å². The summed E-state index contributed by atoms with van der Waals surface area (Å²) in [5.41, 5.74) is 6.84. The van der Waals surface area contributed by atoms with Crippen LogP contribution in [0.2, 0.25) is 0 Å². The molecule has 1 aliphatic carbocycles. The molecule has 3 N–H and O–H groups in total. The molecule has 0 aromatic heterocycles. The van der Waals surface area contributed by atoms with Crippen molar-refractivity contribution in [2.24, 2.45) is 11.7 Å². The van der Waals surface area contributed by atoms with Crippen LogP contribution in [-0.2, 0) is 0 Å². The number of nitrogens with two attached hydrogens (primary N) is 1. The van der Waals surface area contributed by atoms with Crippen LogP contribution in [0.25, 0.3) is 0 Å². The summed E-state index contributed by atoms with van der Waals surface area (Å²) in [4.78, 5) is 0. The Hall–Kier alpha value is -1.09. The van der Waals surface area contributed by atoms with Gasteiger partial charge in [0.15, 0.2) is 0 Å². The number of anilines is 1. The highest BCUT2D eigenvalue weighted by Gasteiger charge is 2.35. The lowest BCUT2D eigenvalue weighted by Gasteiger charge is -2.30. The number of rotatable bonds is 3. The molecular weight excluding hydrogens is 203 g/mol. The summed E-state index contributed by atoms with van der Waals surface area (Å²) in [6.07, 6.45) is 3.41. The first kappa shape index (κ1) is 11.4. The lowest BCUT2D eigenvalue weighted by atomic mass is 9.96. The normalized spacial score (nSPS) is 29.3. The predicted octanol–water partition coefficient (Wildman–Crippen LogP) is 2.76. The molecule has 1 aliphatic rings. The molecule has 1 aromatic rings. The Balaban J connectivity index is 2.10. The Labute approximate surface area is 96.0 Å². The fourth-order valence-electron chi connectivity index (χ4n) is 2.58. The monoisotopic (exact) mass is 222 g/mol. The van der Waals surface area contributed by atoms with Gasteiger partial charge in [-0.3, -0.25) is 0 Å². The maximum Gasteiger partial charge on any atom is 0.123 e. The third-order valence-corrected chi connectivity index (χ3v) is 3.50. The van der Waals surface area contributed by atoms with Crippen molar-refractivity contribution < 1.29 is 4.39 Å². The van der Waals surface area contributed by atoms with Crippen LogP contribution in [0.3, 0.4) is 0 Å². The van der Waals surface area contributed by atoms with Gasteiger partial charge in [0, 0.05) is 17.8 Å². The molecule has 0 saturated heterocycles. The lowest BCUT2D eigenvalue weighted by Crippen LogP contribution is -2.43. The lowest BCUT2D eigenvalue weighted by molar-refractivity contribution is 0.470. The second-order valence-electron chi connectivity index (χ2n) is 4.96. The molecule has 0 amide bonds. The van der Waals surface area contributed by atoms with Crippen LogP contribution in [0.1, 0.15) is 26.2 Å². The zero-order chi connectivity index (χ0) is 11.6. The quantitative estimate of drug-likeness (QED) is 0.825. The Morgan fingerprint density at radius 2 is 2.12 bits per heavy atom. The molecule has 0 spiro atoms. The average molecular weight is 222 g/mol. The summed E-state index contributed by atoms with van der Waals surface area (Å²) in [5, 5.41) is 3.47. The first-order valence-corrected chi connectivity index (χ1v) is 5.87. The van der Waals surface area contributed by atoms with E-state index in [1.807, 2.05) is 0 Å². The van der Waals surface area contributed by atoms with Crippen LogP contribution in [0, 0.1) is 11.7 Å². The number of hydrogen-bond donors (Lipinski definition) is 2. The maximum absolute atomic E-state index is 12.8. The second-order valence-corrected chi connectivity index (χ2v) is 4.96. The molecule has 0 radical (unpaired) electrons. The molecule has 88 valence electrons. The van der Waals surface area contributed by atoms with E-state index in [1.165, 1.54) is 18.6 Å². The average Bonchev–Trinajstić information content (AvgIpc) is 2.64. The van der Waals surface area contributed by atoms with Gasteiger partial charge in [0.1, 0.15) is 5.82 Å². The van der Waals surface area contributed by atoms with Crippen LogP contribution >= 0.6 is 0 Å². The Morgan fingerprint density at radius 1 is 1.44 bits per heavy atom. The van der Waals surface area contributed by atoms with Gasteiger partial charge in [0.2, 0.25) is 0 Å². The van der Waals surface area contributed by atoms with E-state index in [2.05, 4.69) is 12.2 Å². The third kappa shape index (κ3) is 2.35. The molecule has 0 heterocycles. The van der Waals surface area contributed by atoms with Crippen LogP contribution in [-0.4, -0.2) is 12.1 Å². The number of nitrogens with one attached hydrogen (secondary N) is 1. The van der Waals surface area contributed by atoms with Gasteiger partial charge in [-0.1, -0.05) is 6.92 Å². The van der Waals surface area contributed by atoms with Crippen LogP contribution in [0.4, 0.5) is 10.1 Å². The van der Waals surface area contributed by atoms with Gasteiger partial charge in [0.05, 0.1) is 0 Å². The molecule has 1 fully saturated rings. The molecule has 2 atom stereocenters. The van der Waals surface area contributed by atoms with E-state index in [9.17, 15) is 4.39 Å². The topological polar surface area (TPSA) is 38.0 Å². The third-order valence-electron chi connectivity index (χ3n) is 3.50. The molecule has 2 unspecified atom stereocenters. The smallest absolute Gasteiger partial charge is 0.123 e. The molecule has 1 aromatic carbocycles. The van der Waals surface area contributed by atoms with Crippen molar-refractivity contribution in [2.45, 2.75) is 31.7 Å². The van der Waals surface area contributed by atoms with E-state index in [-0.39, 0.29) is 11.4 Å². The predicted molar refractivity (Wildman–Crippen MR) is 64.8 cm³/mol. The number of hydrogen-bond acceptors (Lipinski definition) is 2. The zero-order valence-electron chi connectivity index (χ0n) is 9.67. The molecule has 0 bridgehead atoms. The first-order chi connectivity index (χ1) is 7.63. The Kier molecular flexibility index (Phi) is 3.15. The molecule has 1 saturated carbocycles. The summed E-state index contributed by atoms with van der Waals surface area (Å²) >= 11 is 0. The molecule has 0 aliphatic heterocycles. The van der Waals surface area contributed by atoms with Crippen molar-refractivity contribution in [3.05, 3.63) is 30.1 Å². The van der Waals surface area contributed by atoms with Crippen LogP contribution < -0.4 is 11.1 Å². The van der Waals surface area contributed by atoms with Crippen LogP contribution in [0.5, 0.6) is 0 Å². The fourth-order valence-corrected chi connectivity index (χ4v) is 2.58. The SMILES string of the molecule is CC1CCC(CN)(Nc2ccc(F)cc2)C1. The van der Waals surface area contributed by atoms with Crippen molar-refractivity contribution in [2.75, 3.05) is 11.9 Å². The van der Waals surface area contributed by atoms with Crippen molar-refractivity contribution in [1.29, 1.82) is 0 Å². The summed E-state index contributed by atoms with van der Waals surface area (Å²) in [5.74, 6) is 0.517. The molecular formula is C13H19FN2. The van der Waals surface area contributed by atoms with Gasteiger partial charge < -0.3 is 11.1 Å².